The van der Waals surface area contributed by atoms with E-state index in [0.29, 0.717) is 37.0 Å². The van der Waals surface area contributed by atoms with Gasteiger partial charge in [0.15, 0.2) is 0 Å². The van der Waals surface area contributed by atoms with Crippen LogP contribution in [-0.2, 0) is 4.74 Å². The number of ether oxygens (including phenoxy) is 1. The van der Waals surface area contributed by atoms with Crippen molar-refractivity contribution in [2.75, 3.05) is 0 Å². The second-order valence-electron chi connectivity index (χ2n) is 13.8. The number of rotatable bonds is 9. The fourth-order valence-corrected chi connectivity index (χ4v) is 7.48. The van der Waals surface area contributed by atoms with Gasteiger partial charge in [0.05, 0.1) is 27.1 Å². The highest BCUT2D eigenvalue weighted by Gasteiger charge is 2.50. The van der Waals surface area contributed by atoms with Crippen molar-refractivity contribution in [1.82, 2.24) is 0 Å². The van der Waals surface area contributed by atoms with Gasteiger partial charge in [-0.25, -0.2) is 4.79 Å². The fourth-order valence-electron chi connectivity index (χ4n) is 7.48. The number of hydrogen-bond donors (Lipinski definition) is 1. The smallest absolute Gasteiger partial charge is 0.338 e. The third-order valence-corrected chi connectivity index (χ3v) is 10.5. The van der Waals surface area contributed by atoms with E-state index in [1.165, 1.54) is 18.4 Å². The minimum absolute atomic E-state index is 0.0832. The second-order valence-corrected chi connectivity index (χ2v) is 13.8. The van der Waals surface area contributed by atoms with E-state index in [1.807, 2.05) is 13.8 Å². The zero-order valence-electron chi connectivity index (χ0n) is 26.6. The summed E-state index contributed by atoms with van der Waals surface area (Å²) >= 11 is 0. The molecule has 3 fully saturated rings. The molecule has 3 saturated carbocycles. The van der Waals surface area contributed by atoms with E-state index in [-0.39, 0.29) is 16.9 Å². The Hall–Kier alpha value is -3.59. The zero-order chi connectivity index (χ0) is 32.4. The Balaban J connectivity index is 1.47. The normalized spacial score (nSPS) is 29.0. The van der Waals surface area contributed by atoms with Crippen LogP contribution < -0.4 is 0 Å². The largest absolute Gasteiger partial charge is 0.458 e. The molecule has 1 aromatic rings. The van der Waals surface area contributed by atoms with Crippen LogP contribution in [0.3, 0.4) is 0 Å². The molecule has 3 aliphatic carbocycles. The maximum Gasteiger partial charge on any atom is 0.338 e. The van der Waals surface area contributed by atoms with E-state index in [0.717, 1.165) is 48.6 Å². The van der Waals surface area contributed by atoms with Gasteiger partial charge in [-0.05, 0) is 87.5 Å². The lowest BCUT2D eigenvalue weighted by Gasteiger charge is -2.44. The number of allylic oxidation sites excluding steroid dienone is 5. The molecule has 0 amide bonds. The van der Waals surface area contributed by atoms with E-state index in [9.17, 15) is 30.1 Å². The number of esters is 1. The fraction of sp³-hybridized carbons (Fsp3) is 0.571. The average Bonchev–Trinajstić information content (AvgIpc) is 3.32. The molecule has 0 heterocycles. The van der Waals surface area contributed by atoms with Gasteiger partial charge in [0.1, 0.15) is 6.10 Å². The summed E-state index contributed by atoms with van der Waals surface area (Å²) in [6, 6.07) is 2.85. The predicted molar refractivity (Wildman–Crippen MR) is 170 cm³/mol. The van der Waals surface area contributed by atoms with Crippen LogP contribution in [0.5, 0.6) is 0 Å². The van der Waals surface area contributed by atoms with Crippen LogP contribution in [0.4, 0.5) is 11.4 Å². The molecule has 9 heteroatoms. The highest BCUT2D eigenvalue weighted by atomic mass is 16.6. The second kappa shape index (κ2) is 13.2. The SMILES string of the molecule is C=C1CC[C@@H](OC(=O)c2cc([N+](=O)[O-])cc([N+](=O)[O-])c2)C/C1=C/C=C1\CCC[C@@]2(C)[C@@H]1CC[C@@H]2[C@@H](C)/C=C/[C@@H](C)C(C)(C)O. The van der Waals surface area contributed by atoms with Crippen LogP contribution >= 0.6 is 0 Å². The van der Waals surface area contributed by atoms with Crippen LogP contribution in [0.25, 0.3) is 0 Å². The molecule has 0 bridgehead atoms. The van der Waals surface area contributed by atoms with E-state index < -0.39 is 38.9 Å². The molecule has 0 unspecified atom stereocenters. The van der Waals surface area contributed by atoms with Crippen LogP contribution in [-0.4, -0.2) is 32.6 Å². The topological polar surface area (TPSA) is 133 Å². The van der Waals surface area contributed by atoms with Crippen molar-refractivity contribution in [3.8, 4) is 0 Å². The van der Waals surface area contributed by atoms with Crippen molar-refractivity contribution < 1.29 is 24.5 Å². The van der Waals surface area contributed by atoms with Crippen LogP contribution in [0.1, 0.15) is 96.3 Å². The summed E-state index contributed by atoms with van der Waals surface area (Å²) in [5.74, 6) is 0.781. The number of nitro benzene ring substituents is 2. The molecule has 0 aromatic heterocycles. The first-order valence-electron chi connectivity index (χ1n) is 15.7. The summed E-state index contributed by atoms with van der Waals surface area (Å²) < 4.78 is 5.69. The molecule has 0 spiro atoms. The van der Waals surface area contributed by atoms with Crippen LogP contribution in [0, 0.1) is 49.3 Å². The zero-order valence-corrected chi connectivity index (χ0v) is 26.6. The standard InChI is InChI=1S/C35H46N2O7/c1-22-10-14-30(44-33(38)27-18-28(36(40)41)21-29(19-27)37(42)43)20-26(22)13-12-25-8-7-17-35(6)31(15-16-32(25)35)23(2)9-11-24(3)34(4,5)39/h9,11-13,18-19,21,23-24,30-32,39H,1,7-8,10,14-17,20H2,2-6H3/b11-9+,25-12+,26-13-/t23-,24+,30+,31+,32+,35+/m0/s1. The maximum absolute atomic E-state index is 12.9. The monoisotopic (exact) mass is 606 g/mol. The summed E-state index contributed by atoms with van der Waals surface area (Å²) in [4.78, 5) is 33.9. The van der Waals surface area contributed by atoms with E-state index in [4.69, 9.17) is 4.74 Å². The lowest BCUT2D eigenvalue weighted by atomic mass is 9.61. The molecule has 1 aromatic carbocycles. The third-order valence-electron chi connectivity index (χ3n) is 10.5. The Kier molecular flexibility index (Phi) is 9.98. The van der Waals surface area contributed by atoms with Crippen LogP contribution in [0.15, 0.2) is 65.8 Å². The van der Waals surface area contributed by atoms with Gasteiger partial charge < -0.3 is 9.84 Å². The molecule has 44 heavy (non-hydrogen) atoms. The third kappa shape index (κ3) is 7.37. The van der Waals surface area contributed by atoms with Gasteiger partial charge in [-0.3, -0.25) is 20.2 Å². The molecule has 9 nitrogen and oxygen atoms in total. The van der Waals surface area contributed by atoms with Crippen molar-refractivity contribution in [3.63, 3.8) is 0 Å². The summed E-state index contributed by atoms with van der Waals surface area (Å²) in [6.45, 7) is 14.8. The van der Waals surface area contributed by atoms with Gasteiger partial charge in [0, 0.05) is 24.5 Å². The number of carbonyl (C=O) groups excluding carboxylic acids is 1. The number of hydrogen-bond acceptors (Lipinski definition) is 7. The minimum atomic E-state index is -0.813. The summed E-state index contributed by atoms with van der Waals surface area (Å²) in [5, 5.41) is 32.8. The van der Waals surface area contributed by atoms with Gasteiger partial charge in [-0.1, -0.05) is 62.8 Å². The summed E-state index contributed by atoms with van der Waals surface area (Å²) in [6.07, 6.45) is 15.8. The Morgan fingerprint density at radius 1 is 1.07 bits per heavy atom. The highest BCUT2D eigenvalue weighted by molar-refractivity contribution is 5.91. The van der Waals surface area contributed by atoms with Crippen molar-refractivity contribution in [3.05, 3.63) is 91.6 Å². The lowest BCUT2D eigenvalue weighted by molar-refractivity contribution is -0.394. The number of non-ortho nitro benzene ring substituents is 2. The predicted octanol–water partition coefficient (Wildman–Crippen LogP) is 8.44. The Morgan fingerprint density at radius 2 is 1.73 bits per heavy atom. The molecule has 3 aliphatic rings. The Morgan fingerprint density at radius 3 is 2.34 bits per heavy atom. The number of aliphatic hydroxyl groups is 1. The number of carbonyl (C=O) groups is 1. The molecule has 0 aliphatic heterocycles. The highest BCUT2D eigenvalue weighted by Crippen LogP contribution is 2.59. The van der Waals surface area contributed by atoms with E-state index >= 15 is 0 Å². The van der Waals surface area contributed by atoms with Gasteiger partial charge in [0.25, 0.3) is 11.4 Å². The number of fused-ring (bicyclic) bond motifs is 1. The van der Waals surface area contributed by atoms with Crippen molar-refractivity contribution in [2.24, 2.45) is 29.1 Å². The van der Waals surface area contributed by atoms with Gasteiger partial charge in [0.2, 0.25) is 0 Å². The molecule has 1 N–H and O–H groups in total. The average molecular weight is 607 g/mol. The molecule has 0 saturated heterocycles. The summed E-state index contributed by atoms with van der Waals surface area (Å²) in [5.41, 5.74) is 1.69. The van der Waals surface area contributed by atoms with Crippen molar-refractivity contribution in [1.29, 1.82) is 0 Å². The molecular weight excluding hydrogens is 560 g/mol. The van der Waals surface area contributed by atoms with Gasteiger partial charge in [-0.15, -0.1) is 0 Å². The van der Waals surface area contributed by atoms with Gasteiger partial charge in [-0.2, -0.15) is 0 Å². The number of nitrogens with zero attached hydrogens (tertiary/aromatic N) is 2. The van der Waals surface area contributed by atoms with Crippen molar-refractivity contribution in [2.45, 2.75) is 97.7 Å². The quantitative estimate of drug-likeness (QED) is 0.129. The molecule has 0 radical (unpaired) electrons. The maximum atomic E-state index is 12.9. The Bertz CT molecular complexity index is 1370. The molecule has 6 atom stereocenters. The molecule has 238 valence electrons. The lowest BCUT2D eigenvalue weighted by Crippen LogP contribution is -2.35. The van der Waals surface area contributed by atoms with Crippen molar-refractivity contribution >= 4 is 17.3 Å². The number of benzene rings is 1. The first-order valence-corrected chi connectivity index (χ1v) is 15.7. The minimum Gasteiger partial charge on any atom is -0.458 e. The first-order chi connectivity index (χ1) is 20.6. The Labute approximate surface area is 260 Å². The summed E-state index contributed by atoms with van der Waals surface area (Å²) in [7, 11) is 0. The van der Waals surface area contributed by atoms with E-state index in [2.05, 4.69) is 51.7 Å². The van der Waals surface area contributed by atoms with E-state index in [1.54, 1.807) is 0 Å². The number of nitro groups is 2. The van der Waals surface area contributed by atoms with Crippen LogP contribution in [0.2, 0.25) is 0 Å². The first kappa shape index (κ1) is 33.3. The molecule has 4 rings (SSSR count). The molecular formula is C35H46N2O7. The van der Waals surface area contributed by atoms with Gasteiger partial charge >= 0.3 is 5.97 Å².